The molecular formula is C12H20N2O3S. The average molecular weight is 272 g/mol. The number of hydrogen-bond donors (Lipinski definition) is 2. The molecule has 1 unspecified atom stereocenters. The van der Waals surface area contributed by atoms with Crippen molar-refractivity contribution in [2.75, 3.05) is 12.9 Å². The van der Waals surface area contributed by atoms with Crippen molar-refractivity contribution in [1.82, 2.24) is 5.43 Å². The second kappa shape index (κ2) is 6.29. The highest BCUT2D eigenvalue weighted by Gasteiger charge is 2.12. The summed E-state index contributed by atoms with van der Waals surface area (Å²) in [6.45, 7) is 4.33. The molecule has 5 nitrogen and oxygen atoms in total. The molecule has 0 saturated heterocycles. The summed E-state index contributed by atoms with van der Waals surface area (Å²) in [5, 5.41) is 0. The highest BCUT2D eigenvalue weighted by Crippen LogP contribution is 2.16. The summed E-state index contributed by atoms with van der Waals surface area (Å²) in [5.41, 5.74) is 3.55. The Kier molecular flexibility index (Phi) is 5.28. The van der Waals surface area contributed by atoms with Crippen molar-refractivity contribution in [3.8, 4) is 0 Å². The minimum atomic E-state index is -3.16. The third kappa shape index (κ3) is 4.38. The molecule has 102 valence electrons. The molecule has 0 bridgehead atoms. The Morgan fingerprint density at radius 3 is 2.22 bits per heavy atom. The fourth-order valence-corrected chi connectivity index (χ4v) is 2.11. The largest absolute Gasteiger partial charge is 0.377 e. The van der Waals surface area contributed by atoms with Gasteiger partial charge >= 0.3 is 0 Å². The van der Waals surface area contributed by atoms with Crippen LogP contribution < -0.4 is 11.3 Å². The first-order valence-electron chi connectivity index (χ1n) is 5.72. The molecule has 1 rings (SSSR count). The van der Waals surface area contributed by atoms with Gasteiger partial charge in [0.25, 0.3) is 0 Å². The lowest BCUT2D eigenvalue weighted by atomic mass is 10.1. The zero-order valence-electron chi connectivity index (χ0n) is 10.9. The molecule has 0 saturated carbocycles. The number of nitrogens with one attached hydrogen (secondary N) is 1. The van der Waals surface area contributed by atoms with Gasteiger partial charge in [-0.2, -0.15) is 0 Å². The highest BCUT2D eigenvalue weighted by molar-refractivity contribution is 7.90. The van der Waals surface area contributed by atoms with Gasteiger partial charge in [-0.25, -0.2) is 8.42 Å². The van der Waals surface area contributed by atoms with E-state index in [1.807, 2.05) is 13.8 Å². The maximum absolute atomic E-state index is 11.3. The van der Waals surface area contributed by atoms with E-state index >= 15 is 0 Å². The molecule has 0 aliphatic heterocycles. The van der Waals surface area contributed by atoms with Crippen LogP contribution in [0, 0.1) is 0 Å². The van der Waals surface area contributed by atoms with Gasteiger partial charge in [0, 0.05) is 6.26 Å². The summed E-state index contributed by atoms with van der Waals surface area (Å²) in [6.07, 6.45) is 1.30. The summed E-state index contributed by atoms with van der Waals surface area (Å²) < 4.78 is 28.2. The van der Waals surface area contributed by atoms with Crippen LogP contribution in [0.25, 0.3) is 0 Å². The van der Waals surface area contributed by atoms with Crippen LogP contribution in [0.5, 0.6) is 0 Å². The lowest BCUT2D eigenvalue weighted by Gasteiger charge is -2.18. The molecule has 3 N–H and O–H groups in total. The van der Waals surface area contributed by atoms with Crippen LogP contribution >= 0.6 is 0 Å². The average Bonchev–Trinajstić information content (AvgIpc) is 2.29. The Bertz CT molecular complexity index is 469. The highest BCUT2D eigenvalue weighted by atomic mass is 32.2. The molecular weight excluding hydrogens is 252 g/mol. The molecule has 1 atom stereocenters. The van der Waals surface area contributed by atoms with Crippen molar-refractivity contribution in [2.45, 2.75) is 30.9 Å². The molecule has 6 heteroatoms. The minimum Gasteiger partial charge on any atom is -0.377 e. The second-order valence-corrected chi connectivity index (χ2v) is 6.46. The number of hydrazine groups is 1. The Morgan fingerprint density at radius 2 is 1.83 bits per heavy atom. The van der Waals surface area contributed by atoms with E-state index in [9.17, 15) is 8.42 Å². The third-order valence-electron chi connectivity index (χ3n) is 2.51. The molecule has 0 aliphatic rings. The predicted molar refractivity (Wildman–Crippen MR) is 70.7 cm³/mol. The smallest absolute Gasteiger partial charge is 0.175 e. The molecule has 0 amide bonds. The number of benzene rings is 1. The lowest BCUT2D eigenvalue weighted by Crippen LogP contribution is -2.32. The summed E-state index contributed by atoms with van der Waals surface area (Å²) in [6, 6.07) is 6.48. The summed E-state index contributed by atoms with van der Waals surface area (Å²) >= 11 is 0. The minimum absolute atomic E-state index is 0.121. The van der Waals surface area contributed by atoms with E-state index in [4.69, 9.17) is 10.6 Å². The number of sulfone groups is 1. The summed E-state index contributed by atoms with van der Waals surface area (Å²) in [4.78, 5) is 0.298. The maximum Gasteiger partial charge on any atom is 0.175 e. The van der Waals surface area contributed by atoms with Crippen LogP contribution in [0.15, 0.2) is 29.2 Å². The van der Waals surface area contributed by atoms with Crippen molar-refractivity contribution in [2.24, 2.45) is 5.84 Å². The van der Waals surface area contributed by atoms with E-state index < -0.39 is 9.84 Å². The van der Waals surface area contributed by atoms with E-state index in [1.54, 1.807) is 24.3 Å². The Balaban J connectivity index is 2.82. The van der Waals surface area contributed by atoms with Crippen molar-refractivity contribution < 1.29 is 13.2 Å². The molecule has 0 radical (unpaired) electrons. The first kappa shape index (κ1) is 15.1. The predicted octanol–water partition coefficient (Wildman–Crippen LogP) is 1.02. The quantitative estimate of drug-likeness (QED) is 0.597. The van der Waals surface area contributed by atoms with Gasteiger partial charge in [-0.05, 0) is 31.5 Å². The fraction of sp³-hybridized carbons (Fsp3) is 0.500. The molecule has 18 heavy (non-hydrogen) atoms. The van der Waals surface area contributed by atoms with Crippen LogP contribution in [-0.2, 0) is 14.6 Å². The number of hydrogen-bond acceptors (Lipinski definition) is 5. The van der Waals surface area contributed by atoms with Crippen molar-refractivity contribution in [3.05, 3.63) is 29.8 Å². The summed E-state index contributed by atoms with van der Waals surface area (Å²) in [7, 11) is -3.16. The Hall–Kier alpha value is -0.950. The van der Waals surface area contributed by atoms with Gasteiger partial charge in [0.05, 0.1) is 23.6 Å². The van der Waals surface area contributed by atoms with E-state index in [0.717, 1.165) is 5.56 Å². The van der Waals surface area contributed by atoms with Gasteiger partial charge in [0.1, 0.15) is 0 Å². The SMILES string of the molecule is CC(C)OCC(NN)c1ccc(S(C)(=O)=O)cc1. The monoisotopic (exact) mass is 272 g/mol. The van der Waals surface area contributed by atoms with E-state index in [-0.39, 0.29) is 12.1 Å². The zero-order valence-corrected chi connectivity index (χ0v) is 11.7. The van der Waals surface area contributed by atoms with Crippen molar-refractivity contribution in [3.63, 3.8) is 0 Å². The van der Waals surface area contributed by atoms with E-state index in [1.165, 1.54) is 6.26 Å². The number of rotatable bonds is 6. The molecule has 1 aromatic carbocycles. The van der Waals surface area contributed by atoms with Gasteiger partial charge in [0.2, 0.25) is 0 Å². The molecule has 0 spiro atoms. The van der Waals surface area contributed by atoms with E-state index in [0.29, 0.717) is 11.5 Å². The van der Waals surface area contributed by atoms with Crippen molar-refractivity contribution in [1.29, 1.82) is 0 Å². The van der Waals surface area contributed by atoms with Crippen LogP contribution in [-0.4, -0.2) is 27.4 Å². The maximum atomic E-state index is 11.3. The normalized spacial score (nSPS) is 13.8. The molecule has 1 aromatic rings. The Labute approximate surface area is 108 Å². The first-order chi connectivity index (χ1) is 8.34. The van der Waals surface area contributed by atoms with Gasteiger partial charge < -0.3 is 4.74 Å². The van der Waals surface area contributed by atoms with Gasteiger partial charge in [-0.3, -0.25) is 11.3 Å². The number of ether oxygens (including phenoxy) is 1. The lowest BCUT2D eigenvalue weighted by molar-refractivity contribution is 0.0611. The van der Waals surface area contributed by atoms with Crippen LogP contribution in [0.2, 0.25) is 0 Å². The van der Waals surface area contributed by atoms with Gasteiger partial charge in [-0.1, -0.05) is 12.1 Å². The first-order valence-corrected chi connectivity index (χ1v) is 7.61. The van der Waals surface area contributed by atoms with Crippen LogP contribution in [0.4, 0.5) is 0 Å². The molecule has 0 aromatic heterocycles. The molecule has 0 fully saturated rings. The Morgan fingerprint density at radius 1 is 1.28 bits per heavy atom. The zero-order chi connectivity index (χ0) is 13.8. The fourth-order valence-electron chi connectivity index (χ4n) is 1.48. The molecule has 0 heterocycles. The number of nitrogens with two attached hydrogens (primary N) is 1. The second-order valence-electron chi connectivity index (χ2n) is 4.44. The standard InChI is InChI=1S/C12H20N2O3S/c1-9(2)17-8-12(14-13)10-4-6-11(7-5-10)18(3,15)16/h4-7,9,12,14H,8,13H2,1-3H3. The molecule has 0 aliphatic carbocycles. The van der Waals surface area contributed by atoms with Crippen LogP contribution in [0.1, 0.15) is 25.5 Å². The summed E-state index contributed by atoms with van der Waals surface area (Å²) in [5.74, 6) is 5.47. The van der Waals surface area contributed by atoms with Gasteiger partial charge in [-0.15, -0.1) is 0 Å². The van der Waals surface area contributed by atoms with Crippen molar-refractivity contribution >= 4 is 9.84 Å². The van der Waals surface area contributed by atoms with E-state index in [2.05, 4.69) is 5.43 Å². The van der Waals surface area contributed by atoms with Crippen LogP contribution in [0.3, 0.4) is 0 Å². The van der Waals surface area contributed by atoms with Gasteiger partial charge in [0.15, 0.2) is 9.84 Å². The topological polar surface area (TPSA) is 81.4 Å². The third-order valence-corrected chi connectivity index (χ3v) is 3.64.